The number of rotatable bonds is 6. The molecular formula is C14H14N4O6. The second-order valence-electron chi connectivity index (χ2n) is 4.81. The Morgan fingerprint density at radius 3 is 2.46 bits per heavy atom. The Balaban J connectivity index is 2.14. The van der Waals surface area contributed by atoms with E-state index in [1.807, 2.05) is 0 Å². The maximum absolute atomic E-state index is 12.2. The monoisotopic (exact) mass is 334 g/mol. The Bertz CT molecular complexity index is 783. The normalized spacial score (nSPS) is 11.6. The third-order valence-electron chi connectivity index (χ3n) is 3.25. The Labute approximate surface area is 135 Å². The summed E-state index contributed by atoms with van der Waals surface area (Å²) in [7, 11) is 1.24. The summed E-state index contributed by atoms with van der Waals surface area (Å²) in [6.45, 7) is 1.51. The van der Waals surface area contributed by atoms with Gasteiger partial charge >= 0.3 is 17.5 Å². The van der Waals surface area contributed by atoms with Gasteiger partial charge in [0.05, 0.1) is 17.6 Å². The van der Waals surface area contributed by atoms with Crippen molar-refractivity contribution in [2.45, 2.75) is 13.0 Å². The van der Waals surface area contributed by atoms with E-state index in [4.69, 9.17) is 9.84 Å². The minimum absolute atomic E-state index is 0.0912. The number of hydrogen-bond donors (Lipinski definition) is 2. The lowest BCUT2D eigenvalue weighted by atomic mass is 10.2. The van der Waals surface area contributed by atoms with Gasteiger partial charge in [-0.15, -0.1) is 5.10 Å². The van der Waals surface area contributed by atoms with Gasteiger partial charge in [-0.25, -0.2) is 9.48 Å². The van der Waals surface area contributed by atoms with Gasteiger partial charge in [0.2, 0.25) is 5.91 Å². The van der Waals surface area contributed by atoms with Crippen LogP contribution in [-0.2, 0) is 4.79 Å². The van der Waals surface area contributed by atoms with Crippen molar-refractivity contribution in [2.75, 3.05) is 12.4 Å². The van der Waals surface area contributed by atoms with Crippen LogP contribution in [0.25, 0.3) is 0 Å². The van der Waals surface area contributed by atoms with Crippen LogP contribution in [0.1, 0.15) is 23.3 Å². The van der Waals surface area contributed by atoms with Gasteiger partial charge in [-0.2, -0.15) is 0 Å². The van der Waals surface area contributed by atoms with E-state index in [2.05, 4.69) is 10.4 Å². The summed E-state index contributed by atoms with van der Waals surface area (Å²) < 4.78 is 5.93. The molecule has 0 saturated heterocycles. The van der Waals surface area contributed by atoms with Crippen molar-refractivity contribution in [3.63, 3.8) is 0 Å². The summed E-state index contributed by atoms with van der Waals surface area (Å²) in [6.07, 6.45) is 1.11. The molecule has 0 bridgehead atoms. The quantitative estimate of drug-likeness (QED) is 0.606. The van der Waals surface area contributed by atoms with Gasteiger partial charge in [0.1, 0.15) is 12.2 Å². The van der Waals surface area contributed by atoms with Crippen molar-refractivity contribution < 1.29 is 24.4 Å². The Morgan fingerprint density at radius 2 is 2.00 bits per heavy atom. The lowest BCUT2D eigenvalue weighted by Crippen LogP contribution is -2.24. The van der Waals surface area contributed by atoms with Crippen molar-refractivity contribution in [3.8, 4) is 5.88 Å². The van der Waals surface area contributed by atoms with Crippen LogP contribution in [0.2, 0.25) is 0 Å². The van der Waals surface area contributed by atoms with E-state index in [1.165, 1.54) is 38.3 Å². The molecule has 1 heterocycles. The molecule has 1 aromatic heterocycles. The van der Waals surface area contributed by atoms with Gasteiger partial charge in [-0.1, -0.05) is 0 Å². The van der Waals surface area contributed by atoms with E-state index in [9.17, 15) is 19.7 Å². The molecule has 10 heteroatoms. The Hall–Kier alpha value is -3.43. The fourth-order valence-electron chi connectivity index (χ4n) is 1.90. The van der Waals surface area contributed by atoms with Crippen molar-refractivity contribution in [3.05, 3.63) is 46.1 Å². The molecular weight excluding hydrogens is 320 g/mol. The van der Waals surface area contributed by atoms with Crippen molar-refractivity contribution in [1.29, 1.82) is 0 Å². The van der Waals surface area contributed by atoms with Crippen LogP contribution in [0.5, 0.6) is 5.88 Å². The third kappa shape index (κ3) is 3.48. The predicted molar refractivity (Wildman–Crippen MR) is 82.2 cm³/mol. The minimum atomic E-state index is -1.07. The van der Waals surface area contributed by atoms with Crippen LogP contribution in [0.3, 0.4) is 0 Å². The lowest BCUT2D eigenvalue weighted by Gasteiger charge is -2.12. The summed E-state index contributed by atoms with van der Waals surface area (Å²) >= 11 is 0. The van der Waals surface area contributed by atoms with E-state index in [0.717, 1.165) is 10.9 Å². The molecule has 0 saturated carbocycles. The molecule has 0 unspecified atom stereocenters. The van der Waals surface area contributed by atoms with Crippen molar-refractivity contribution in [2.24, 2.45) is 0 Å². The van der Waals surface area contributed by atoms with Gasteiger partial charge in [-0.3, -0.25) is 14.9 Å². The average Bonchev–Trinajstić information content (AvgIpc) is 2.99. The van der Waals surface area contributed by atoms with Crippen LogP contribution in [0.4, 0.5) is 11.4 Å². The summed E-state index contributed by atoms with van der Waals surface area (Å²) in [5.41, 5.74) is 0.141. The molecule has 2 rings (SSSR count). The zero-order valence-electron chi connectivity index (χ0n) is 12.8. The minimum Gasteiger partial charge on any atom is -0.478 e. The number of carbonyl (C=O) groups is 2. The van der Waals surface area contributed by atoms with E-state index >= 15 is 0 Å². The molecule has 0 spiro atoms. The van der Waals surface area contributed by atoms with Crippen LogP contribution < -0.4 is 10.1 Å². The molecule has 2 aromatic rings. The van der Waals surface area contributed by atoms with Gasteiger partial charge in [0.15, 0.2) is 0 Å². The van der Waals surface area contributed by atoms with Crippen molar-refractivity contribution >= 4 is 23.3 Å². The van der Waals surface area contributed by atoms with Crippen LogP contribution in [-0.4, -0.2) is 38.8 Å². The Kier molecular flexibility index (Phi) is 4.78. The Morgan fingerprint density at radius 1 is 1.38 bits per heavy atom. The molecule has 0 aliphatic heterocycles. The van der Waals surface area contributed by atoms with Gasteiger partial charge in [-0.05, 0) is 31.2 Å². The van der Waals surface area contributed by atoms with Crippen LogP contribution >= 0.6 is 0 Å². The summed E-state index contributed by atoms with van der Waals surface area (Å²) in [5.74, 6) is -1.74. The molecule has 0 aliphatic carbocycles. The molecule has 0 aliphatic rings. The molecule has 10 nitrogen and oxygen atoms in total. The molecule has 1 aromatic carbocycles. The highest BCUT2D eigenvalue weighted by molar-refractivity contribution is 5.94. The largest absolute Gasteiger partial charge is 0.478 e. The van der Waals surface area contributed by atoms with E-state index in [0.29, 0.717) is 5.69 Å². The van der Waals surface area contributed by atoms with E-state index in [-0.39, 0.29) is 17.1 Å². The number of amides is 1. The van der Waals surface area contributed by atoms with Crippen LogP contribution in [0.15, 0.2) is 30.5 Å². The highest BCUT2D eigenvalue weighted by atomic mass is 16.6. The van der Waals surface area contributed by atoms with E-state index in [1.54, 1.807) is 0 Å². The first-order valence-corrected chi connectivity index (χ1v) is 6.75. The van der Waals surface area contributed by atoms with Gasteiger partial charge in [0, 0.05) is 5.69 Å². The topological polar surface area (TPSA) is 137 Å². The average molecular weight is 334 g/mol. The molecule has 2 N–H and O–H groups in total. The van der Waals surface area contributed by atoms with Gasteiger partial charge in [0.25, 0.3) is 0 Å². The number of aromatic nitrogens is 2. The number of anilines is 1. The number of aromatic carboxylic acids is 1. The maximum atomic E-state index is 12.2. The first-order valence-electron chi connectivity index (χ1n) is 6.75. The zero-order valence-corrected chi connectivity index (χ0v) is 12.8. The number of ether oxygens (including phenoxy) is 1. The molecule has 24 heavy (non-hydrogen) atoms. The second-order valence-corrected chi connectivity index (χ2v) is 4.81. The first-order chi connectivity index (χ1) is 11.3. The lowest BCUT2D eigenvalue weighted by molar-refractivity contribution is -0.385. The molecule has 126 valence electrons. The van der Waals surface area contributed by atoms with Crippen LogP contribution in [0, 0.1) is 10.1 Å². The fraction of sp³-hybridized carbons (Fsp3) is 0.214. The summed E-state index contributed by atoms with van der Waals surface area (Å²) in [5, 5.41) is 26.2. The van der Waals surface area contributed by atoms with Gasteiger partial charge < -0.3 is 15.2 Å². The predicted octanol–water partition coefficient (Wildman–Crippen LogP) is 1.70. The highest BCUT2D eigenvalue weighted by Crippen LogP contribution is 2.26. The standard InChI is InChI=1S/C14H14N4O6/c1-8(17-7-11(18(22)23)13(16-17)24-2)12(19)15-10-5-3-9(4-6-10)14(20)21/h3-8H,1-2H3,(H,15,19)(H,20,21)/t8-/m1/s1. The summed E-state index contributed by atoms with van der Waals surface area (Å²) in [6, 6.07) is 4.75. The first kappa shape index (κ1) is 16.9. The van der Waals surface area contributed by atoms with Crippen molar-refractivity contribution in [1.82, 2.24) is 9.78 Å². The number of carbonyl (C=O) groups excluding carboxylic acids is 1. The smallest absolute Gasteiger partial charge is 0.350 e. The fourth-order valence-corrected chi connectivity index (χ4v) is 1.90. The third-order valence-corrected chi connectivity index (χ3v) is 3.25. The highest BCUT2D eigenvalue weighted by Gasteiger charge is 2.25. The molecule has 0 radical (unpaired) electrons. The number of hydrogen-bond acceptors (Lipinski definition) is 6. The number of benzene rings is 1. The number of nitrogens with zero attached hydrogens (tertiary/aromatic N) is 3. The molecule has 1 atom stereocenters. The zero-order chi connectivity index (χ0) is 17.9. The SMILES string of the molecule is COc1nn([C@H](C)C(=O)Nc2ccc(C(=O)O)cc2)cc1[N+](=O)[O-]. The molecule has 0 fully saturated rings. The summed E-state index contributed by atoms with van der Waals surface area (Å²) in [4.78, 5) is 33.2. The second kappa shape index (κ2) is 6.77. The number of nitrogens with one attached hydrogen (secondary N) is 1. The molecule has 1 amide bonds. The number of carboxylic acids is 1. The van der Waals surface area contributed by atoms with E-state index < -0.39 is 22.8 Å². The number of methoxy groups -OCH3 is 1. The number of carboxylic acid groups (broad SMARTS) is 1. The number of nitro groups is 1. The maximum Gasteiger partial charge on any atom is 0.350 e.